The van der Waals surface area contributed by atoms with Crippen molar-refractivity contribution in [2.24, 2.45) is 0 Å². The first-order valence-electron chi connectivity index (χ1n) is 15.4. The van der Waals surface area contributed by atoms with E-state index in [-0.39, 0.29) is 19.1 Å². The lowest BCUT2D eigenvalue weighted by Crippen LogP contribution is -2.34. The SMILES string of the molecule is Cc1cc(C(=O)Nc2cccc(-c3cccc(-c4nc5cc(CNCCO)ccc5o4)c3C)c2C)nc2c1CCN(CCO)C2. The summed E-state index contributed by atoms with van der Waals surface area (Å²) in [6.45, 7) is 9.60. The molecule has 0 radical (unpaired) electrons. The van der Waals surface area contributed by atoms with E-state index in [4.69, 9.17) is 19.5 Å². The van der Waals surface area contributed by atoms with Crippen LogP contribution in [-0.4, -0.2) is 63.8 Å². The number of aliphatic hydroxyl groups excluding tert-OH is 2. The molecule has 9 nitrogen and oxygen atoms in total. The number of amides is 1. The van der Waals surface area contributed by atoms with Crippen molar-refractivity contribution in [3.63, 3.8) is 0 Å². The summed E-state index contributed by atoms with van der Waals surface area (Å²) in [7, 11) is 0. The first kappa shape index (κ1) is 30.6. The first-order chi connectivity index (χ1) is 21.9. The predicted octanol–water partition coefficient (Wildman–Crippen LogP) is 5.17. The number of benzene rings is 3. The number of carbonyl (C=O) groups excluding carboxylic acids is 1. The molecular weight excluding hydrogens is 566 g/mol. The molecule has 0 bridgehead atoms. The normalized spacial score (nSPS) is 13.3. The van der Waals surface area contributed by atoms with Crippen LogP contribution >= 0.6 is 0 Å². The fraction of sp³-hybridized carbons (Fsp3) is 0.306. The predicted molar refractivity (Wildman–Crippen MR) is 176 cm³/mol. The molecule has 9 heteroatoms. The van der Waals surface area contributed by atoms with Crippen LogP contribution in [0.15, 0.2) is 65.1 Å². The monoisotopic (exact) mass is 605 g/mol. The lowest BCUT2D eigenvalue weighted by molar-refractivity contribution is 0.102. The molecule has 45 heavy (non-hydrogen) atoms. The van der Waals surface area contributed by atoms with Gasteiger partial charge in [0.25, 0.3) is 5.91 Å². The molecule has 4 N–H and O–H groups in total. The van der Waals surface area contributed by atoms with Crippen LogP contribution < -0.4 is 10.6 Å². The van der Waals surface area contributed by atoms with Crippen molar-refractivity contribution < 1.29 is 19.4 Å². The highest BCUT2D eigenvalue weighted by molar-refractivity contribution is 6.04. The van der Waals surface area contributed by atoms with Crippen molar-refractivity contribution in [2.45, 2.75) is 40.3 Å². The van der Waals surface area contributed by atoms with E-state index >= 15 is 0 Å². The Kier molecular flexibility index (Phi) is 9.04. The molecular formula is C36H39N5O4. The lowest BCUT2D eigenvalue weighted by atomic mass is 9.92. The Bertz CT molecular complexity index is 1860. The number of β-amino-alcohol motifs (C(OH)–C–C–N with tert-alkyl or cyclic N) is 1. The highest BCUT2D eigenvalue weighted by Crippen LogP contribution is 2.36. The zero-order valence-corrected chi connectivity index (χ0v) is 26.0. The van der Waals surface area contributed by atoms with E-state index in [9.17, 15) is 9.90 Å². The maximum atomic E-state index is 13.5. The third-order valence-electron chi connectivity index (χ3n) is 8.64. The number of aromatic nitrogens is 2. The number of nitrogens with zero attached hydrogens (tertiary/aromatic N) is 3. The number of carbonyl (C=O) groups is 1. The van der Waals surface area contributed by atoms with Crippen LogP contribution in [0.1, 0.15) is 44.0 Å². The molecule has 0 spiro atoms. The molecule has 2 aromatic heterocycles. The van der Waals surface area contributed by atoms with Crippen molar-refractivity contribution in [3.8, 4) is 22.6 Å². The van der Waals surface area contributed by atoms with Crippen LogP contribution in [0.5, 0.6) is 0 Å². The number of oxazole rings is 1. The van der Waals surface area contributed by atoms with E-state index < -0.39 is 0 Å². The van der Waals surface area contributed by atoms with Crippen LogP contribution in [-0.2, 0) is 19.5 Å². The Morgan fingerprint density at radius 3 is 2.51 bits per heavy atom. The van der Waals surface area contributed by atoms with E-state index in [0.717, 1.165) is 68.8 Å². The second kappa shape index (κ2) is 13.3. The highest BCUT2D eigenvalue weighted by atomic mass is 16.3. The fourth-order valence-electron chi connectivity index (χ4n) is 6.16. The van der Waals surface area contributed by atoms with Crippen LogP contribution in [0.4, 0.5) is 5.69 Å². The van der Waals surface area contributed by atoms with Crippen molar-refractivity contribution in [1.82, 2.24) is 20.2 Å². The zero-order chi connectivity index (χ0) is 31.5. The summed E-state index contributed by atoms with van der Waals surface area (Å²) in [5.74, 6) is 0.307. The minimum absolute atomic E-state index is 0.0952. The van der Waals surface area contributed by atoms with Gasteiger partial charge in [0.2, 0.25) is 5.89 Å². The summed E-state index contributed by atoms with van der Waals surface area (Å²) >= 11 is 0. The van der Waals surface area contributed by atoms with Gasteiger partial charge in [0.15, 0.2) is 5.58 Å². The Balaban J connectivity index is 1.26. The maximum Gasteiger partial charge on any atom is 0.274 e. The van der Waals surface area contributed by atoms with Gasteiger partial charge in [0.05, 0.1) is 18.9 Å². The molecule has 1 aliphatic heterocycles. The van der Waals surface area contributed by atoms with Gasteiger partial charge in [-0.25, -0.2) is 9.97 Å². The van der Waals surface area contributed by atoms with E-state index in [1.165, 1.54) is 5.56 Å². The van der Waals surface area contributed by atoms with Crippen molar-refractivity contribution in [2.75, 3.05) is 38.2 Å². The van der Waals surface area contributed by atoms with Gasteiger partial charge < -0.3 is 25.3 Å². The molecule has 0 saturated heterocycles. The number of rotatable bonds is 10. The molecule has 0 unspecified atom stereocenters. The van der Waals surface area contributed by atoms with Gasteiger partial charge >= 0.3 is 0 Å². The second-order valence-electron chi connectivity index (χ2n) is 11.6. The summed E-state index contributed by atoms with van der Waals surface area (Å²) in [4.78, 5) is 25.2. The maximum absolute atomic E-state index is 13.5. The molecule has 0 aliphatic carbocycles. The minimum atomic E-state index is -0.247. The van der Waals surface area contributed by atoms with E-state index in [0.29, 0.717) is 43.3 Å². The number of aryl methyl sites for hydroxylation is 1. The quantitative estimate of drug-likeness (QED) is 0.161. The number of aliphatic hydroxyl groups is 2. The topological polar surface area (TPSA) is 124 Å². The van der Waals surface area contributed by atoms with E-state index in [1.54, 1.807) is 0 Å². The van der Waals surface area contributed by atoms with Gasteiger partial charge in [-0.3, -0.25) is 9.69 Å². The number of hydrogen-bond donors (Lipinski definition) is 4. The lowest BCUT2D eigenvalue weighted by Gasteiger charge is -2.28. The third kappa shape index (κ3) is 6.39. The largest absolute Gasteiger partial charge is 0.436 e. The Morgan fingerprint density at radius 1 is 0.933 bits per heavy atom. The highest BCUT2D eigenvalue weighted by Gasteiger charge is 2.22. The van der Waals surface area contributed by atoms with Gasteiger partial charge in [0, 0.05) is 44.0 Å². The van der Waals surface area contributed by atoms with Crippen molar-refractivity contribution in [1.29, 1.82) is 0 Å². The average Bonchev–Trinajstić information content (AvgIpc) is 3.46. The summed E-state index contributed by atoms with van der Waals surface area (Å²) in [5, 5.41) is 24.7. The van der Waals surface area contributed by atoms with E-state index in [1.807, 2.05) is 62.4 Å². The molecule has 0 fully saturated rings. The molecule has 232 valence electrons. The average molecular weight is 606 g/mol. The minimum Gasteiger partial charge on any atom is -0.436 e. The number of anilines is 1. The first-order valence-corrected chi connectivity index (χ1v) is 15.4. The van der Waals surface area contributed by atoms with E-state index in [2.05, 4.69) is 34.6 Å². The second-order valence-corrected chi connectivity index (χ2v) is 11.6. The van der Waals surface area contributed by atoms with Crippen LogP contribution in [0.2, 0.25) is 0 Å². The molecule has 1 amide bonds. The number of pyridine rings is 1. The molecule has 3 heterocycles. The molecule has 1 aliphatic rings. The van der Waals surface area contributed by atoms with Crippen LogP contribution in [0.25, 0.3) is 33.7 Å². The third-order valence-corrected chi connectivity index (χ3v) is 8.64. The molecule has 3 aromatic carbocycles. The molecule has 0 saturated carbocycles. The number of fused-ring (bicyclic) bond motifs is 2. The van der Waals surface area contributed by atoms with Gasteiger partial charge in [-0.2, -0.15) is 0 Å². The summed E-state index contributed by atoms with van der Waals surface area (Å²) < 4.78 is 6.18. The van der Waals surface area contributed by atoms with Crippen molar-refractivity contribution >= 4 is 22.7 Å². The molecule has 6 rings (SSSR count). The Hall–Kier alpha value is -4.41. The zero-order valence-electron chi connectivity index (χ0n) is 26.0. The Labute approximate surface area is 263 Å². The fourth-order valence-corrected chi connectivity index (χ4v) is 6.16. The molecule has 0 atom stereocenters. The smallest absolute Gasteiger partial charge is 0.274 e. The van der Waals surface area contributed by atoms with Gasteiger partial charge in [-0.1, -0.05) is 30.3 Å². The molecule has 5 aromatic rings. The van der Waals surface area contributed by atoms with Gasteiger partial charge in [-0.05, 0) is 96.5 Å². The number of nitrogens with one attached hydrogen (secondary N) is 2. The van der Waals surface area contributed by atoms with Crippen LogP contribution in [0, 0.1) is 20.8 Å². The summed E-state index contributed by atoms with van der Waals surface area (Å²) in [6, 6.07) is 19.8. The van der Waals surface area contributed by atoms with Crippen molar-refractivity contribution in [3.05, 3.63) is 99.9 Å². The summed E-state index contributed by atoms with van der Waals surface area (Å²) in [5.41, 5.74) is 11.8. The standard InChI is InChI=1S/C36H39N5O4/c1-22-18-32(38-33-21-41(15-17-43)14-12-26(22)33)35(44)39-30-9-5-7-28(24(30)3)27-6-4-8-29(23(27)2)36-40-31-19-25(20-37-13-16-42)10-11-34(31)45-36/h4-11,18-19,37,42-43H,12-17,20-21H2,1-3H3,(H,39,44). The number of hydrogen-bond acceptors (Lipinski definition) is 8. The summed E-state index contributed by atoms with van der Waals surface area (Å²) in [6.07, 6.45) is 0.864. The van der Waals surface area contributed by atoms with Crippen LogP contribution in [0.3, 0.4) is 0 Å². The van der Waals surface area contributed by atoms with Gasteiger partial charge in [0.1, 0.15) is 11.2 Å². The van der Waals surface area contributed by atoms with Gasteiger partial charge in [-0.15, -0.1) is 0 Å². The Morgan fingerprint density at radius 2 is 1.71 bits per heavy atom.